The van der Waals surface area contributed by atoms with Gasteiger partial charge in [0.05, 0.1) is 23.4 Å². The molecule has 8 heteroatoms. The zero-order chi connectivity index (χ0) is 27.9. The zero-order valence-corrected chi connectivity index (χ0v) is 24.6. The SMILES string of the molecule is COc1cc(/C=c2/sc3n(c2=O)[C@@H](c2cccs2)C2=C(N=3)c3ccccc3CC2)ccc1OCc1ccccc1Cl. The Morgan fingerprint density at radius 2 is 1.88 bits per heavy atom. The van der Waals surface area contributed by atoms with E-state index in [2.05, 4.69) is 41.8 Å². The topological polar surface area (TPSA) is 52.8 Å². The van der Waals surface area contributed by atoms with E-state index in [0.29, 0.717) is 27.7 Å². The number of nitrogens with zero attached hydrogens (tertiary/aromatic N) is 2. The van der Waals surface area contributed by atoms with E-state index in [-0.39, 0.29) is 11.6 Å². The van der Waals surface area contributed by atoms with Crippen molar-refractivity contribution in [1.82, 2.24) is 4.57 Å². The zero-order valence-electron chi connectivity index (χ0n) is 22.2. The molecule has 0 saturated heterocycles. The van der Waals surface area contributed by atoms with Crippen molar-refractivity contribution >= 4 is 46.0 Å². The second-order valence-electron chi connectivity index (χ2n) is 9.92. The summed E-state index contributed by atoms with van der Waals surface area (Å²) in [5.74, 6) is 1.19. The van der Waals surface area contributed by atoms with Crippen LogP contribution in [0.4, 0.5) is 0 Å². The molecule has 1 atom stereocenters. The summed E-state index contributed by atoms with van der Waals surface area (Å²) in [5.41, 5.74) is 6.42. The van der Waals surface area contributed by atoms with Crippen LogP contribution in [0.5, 0.6) is 11.5 Å². The Hall–Kier alpha value is -3.91. The summed E-state index contributed by atoms with van der Waals surface area (Å²) < 4.78 is 14.2. The van der Waals surface area contributed by atoms with Gasteiger partial charge in [-0.05, 0) is 65.3 Å². The Morgan fingerprint density at radius 3 is 2.71 bits per heavy atom. The van der Waals surface area contributed by atoms with E-state index < -0.39 is 0 Å². The molecule has 0 saturated carbocycles. The number of allylic oxidation sites excluding steroid dienone is 1. The lowest BCUT2D eigenvalue weighted by Crippen LogP contribution is -2.38. The van der Waals surface area contributed by atoms with E-state index in [4.69, 9.17) is 26.1 Å². The molecule has 0 unspecified atom stereocenters. The van der Waals surface area contributed by atoms with Crippen LogP contribution in [-0.2, 0) is 13.0 Å². The molecule has 2 aliphatic rings. The monoisotopic (exact) mass is 596 g/mol. The van der Waals surface area contributed by atoms with Gasteiger partial charge in [0.1, 0.15) is 6.61 Å². The minimum Gasteiger partial charge on any atom is -0.493 e. The number of hydrogen-bond donors (Lipinski definition) is 0. The van der Waals surface area contributed by atoms with Crippen molar-refractivity contribution in [1.29, 1.82) is 0 Å². The van der Waals surface area contributed by atoms with Crippen LogP contribution >= 0.6 is 34.3 Å². The van der Waals surface area contributed by atoms with Crippen LogP contribution in [-0.4, -0.2) is 11.7 Å². The molecule has 3 aromatic carbocycles. The summed E-state index contributed by atoms with van der Waals surface area (Å²) in [5, 5.41) is 2.73. The van der Waals surface area contributed by atoms with Gasteiger partial charge in [-0.3, -0.25) is 9.36 Å². The average molecular weight is 597 g/mol. The molecule has 2 aromatic heterocycles. The Bertz CT molecular complexity index is 1990. The van der Waals surface area contributed by atoms with Crippen molar-refractivity contribution in [2.24, 2.45) is 4.99 Å². The second kappa shape index (κ2) is 10.8. The number of benzene rings is 3. The molecule has 41 heavy (non-hydrogen) atoms. The molecule has 0 bridgehead atoms. The quantitative estimate of drug-likeness (QED) is 0.221. The number of fused-ring (bicyclic) bond motifs is 3. The molecule has 0 amide bonds. The maximum absolute atomic E-state index is 14.0. The molecule has 3 heterocycles. The minimum atomic E-state index is -0.146. The Labute approximate surface area is 249 Å². The number of hydrogen-bond acceptors (Lipinski definition) is 6. The standard InChI is InChI=1S/C33H25ClN2O3S2/c1-38-27-17-20(12-15-26(27)39-19-22-8-3-5-10-25(22)34)18-29-32(37)36-31(28-11-6-16-40-28)24-14-13-21-7-2-4-9-23(21)30(24)35-33(36)41-29/h2-12,15-18,31H,13-14,19H2,1H3/b29-18+/t31-/m1/s1. The first-order valence-electron chi connectivity index (χ1n) is 13.3. The Morgan fingerprint density at radius 1 is 1.02 bits per heavy atom. The first-order chi connectivity index (χ1) is 20.1. The number of halogens is 1. The van der Waals surface area contributed by atoms with Crippen molar-refractivity contribution in [2.45, 2.75) is 25.5 Å². The average Bonchev–Trinajstić information content (AvgIpc) is 3.64. The van der Waals surface area contributed by atoms with Gasteiger partial charge in [0.15, 0.2) is 16.3 Å². The molecular formula is C33H25ClN2O3S2. The van der Waals surface area contributed by atoms with Crippen LogP contribution in [0, 0.1) is 0 Å². The third-order valence-electron chi connectivity index (χ3n) is 7.51. The molecule has 5 nitrogen and oxygen atoms in total. The van der Waals surface area contributed by atoms with Crippen molar-refractivity contribution < 1.29 is 9.47 Å². The summed E-state index contributed by atoms with van der Waals surface area (Å²) in [4.78, 5) is 20.9. The normalized spacial score (nSPS) is 16.0. The summed E-state index contributed by atoms with van der Waals surface area (Å²) in [6, 6.07) is 25.8. The van der Waals surface area contributed by atoms with E-state index in [9.17, 15) is 4.79 Å². The molecule has 0 spiro atoms. The number of ether oxygens (including phenoxy) is 2. The van der Waals surface area contributed by atoms with Gasteiger partial charge in [0, 0.05) is 21.0 Å². The van der Waals surface area contributed by atoms with Gasteiger partial charge in [0.2, 0.25) is 0 Å². The molecular weight excluding hydrogens is 572 g/mol. The predicted molar refractivity (Wildman–Crippen MR) is 166 cm³/mol. The summed E-state index contributed by atoms with van der Waals surface area (Å²) in [6.45, 7) is 0.324. The number of aryl methyl sites for hydroxylation is 1. The van der Waals surface area contributed by atoms with Gasteiger partial charge in [-0.2, -0.15) is 0 Å². The fourth-order valence-electron chi connectivity index (χ4n) is 5.53. The Kier molecular flexibility index (Phi) is 6.87. The van der Waals surface area contributed by atoms with E-state index in [1.807, 2.05) is 53.1 Å². The fourth-order valence-corrected chi connectivity index (χ4v) is 7.57. The number of methoxy groups -OCH3 is 1. The molecule has 1 aliphatic heterocycles. The van der Waals surface area contributed by atoms with Crippen molar-refractivity contribution in [2.75, 3.05) is 7.11 Å². The number of thiazole rings is 1. The summed E-state index contributed by atoms with van der Waals surface area (Å²) >= 11 is 9.40. The lowest BCUT2D eigenvalue weighted by molar-refractivity contribution is 0.284. The second-order valence-corrected chi connectivity index (χ2v) is 12.3. The van der Waals surface area contributed by atoms with Crippen LogP contribution in [0.25, 0.3) is 11.8 Å². The van der Waals surface area contributed by atoms with Crippen LogP contribution < -0.4 is 24.4 Å². The largest absolute Gasteiger partial charge is 0.493 e. The number of thiophene rings is 1. The highest BCUT2D eigenvalue weighted by Crippen LogP contribution is 2.42. The smallest absolute Gasteiger partial charge is 0.271 e. The van der Waals surface area contributed by atoms with Gasteiger partial charge in [-0.15, -0.1) is 11.3 Å². The highest BCUT2D eigenvalue weighted by Gasteiger charge is 2.33. The molecule has 204 valence electrons. The van der Waals surface area contributed by atoms with Crippen LogP contribution in [0.1, 0.15) is 39.6 Å². The predicted octanol–water partition coefficient (Wildman–Crippen LogP) is 6.62. The first-order valence-corrected chi connectivity index (χ1v) is 15.4. The minimum absolute atomic E-state index is 0.0319. The molecule has 0 fully saturated rings. The van der Waals surface area contributed by atoms with Crippen LogP contribution in [0.15, 0.2) is 99.6 Å². The van der Waals surface area contributed by atoms with E-state index >= 15 is 0 Å². The highest BCUT2D eigenvalue weighted by molar-refractivity contribution is 7.10. The highest BCUT2D eigenvalue weighted by atomic mass is 35.5. The van der Waals surface area contributed by atoms with Crippen molar-refractivity contribution in [3.63, 3.8) is 0 Å². The van der Waals surface area contributed by atoms with Gasteiger partial charge < -0.3 is 9.47 Å². The lowest BCUT2D eigenvalue weighted by atomic mass is 9.85. The molecule has 0 N–H and O–H groups in total. The van der Waals surface area contributed by atoms with Crippen LogP contribution in [0.3, 0.4) is 0 Å². The number of rotatable bonds is 6. The van der Waals surface area contributed by atoms with Crippen LogP contribution in [0.2, 0.25) is 5.02 Å². The van der Waals surface area contributed by atoms with E-state index in [0.717, 1.165) is 39.3 Å². The molecule has 7 rings (SSSR count). The van der Waals surface area contributed by atoms with Crippen molar-refractivity contribution in [3.05, 3.63) is 142 Å². The van der Waals surface area contributed by atoms with Crippen molar-refractivity contribution in [3.8, 4) is 11.5 Å². The van der Waals surface area contributed by atoms with Gasteiger partial charge >= 0.3 is 0 Å². The van der Waals surface area contributed by atoms with Gasteiger partial charge in [-0.25, -0.2) is 4.99 Å². The first kappa shape index (κ1) is 26.0. The molecule has 5 aromatic rings. The third-order valence-corrected chi connectivity index (χ3v) is 9.79. The molecule has 0 radical (unpaired) electrons. The van der Waals surface area contributed by atoms with E-state index in [1.165, 1.54) is 28.0 Å². The van der Waals surface area contributed by atoms with Gasteiger partial charge in [0.25, 0.3) is 5.56 Å². The number of aromatic nitrogens is 1. The lowest BCUT2D eigenvalue weighted by Gasteiger charge is -2.30. The maximum Gasteiger partial charge on any atom is 0.271 e. The Balaban J connectivity index is 1.29. The third kappa shape index (κ3) is 4.74. The summed E-state index contributed by atoms with van der Waals surface area (Å²) in [7, 11) is 1.61. The van der Waals surface area contributed by atoms with Gasteiger partial charge in [-0.1, -0.05) is 77.5 Å². The fraction of sp³-hybridized carbons (Fsp3) is 0.152. The summed E-state index contributed by atoms with van der Waals surface area (Å²) in [6.07, 6.45) is 3.74. The molecule has 1 aliphatic carbocycles. The maximum atomic E-state index is 14.0. The van der Waals surface area contributed by atoms with E-state index in [1.54, 1.807) is 18.4 Å².